The summed E-state index contributed by atoms with van der Waals surface area (Å²) in [5.41, 5.74) is -0.681. The molecule has 1 aromatic carbocycles. The number of anilines is 1. The zero-order chi connectivity index (χ0) is 32.6. The van der Waals surface area contributed by atoms with Crippen LogP contribution in [0.5, 0.6) is 0 Å². The topological polar surface area (TPSA) is 173 Å². The molecule has 43 heavy (non-hydrogen) atoms. The third-order valence-electron chi connectivity index (χ3n) is 6.67. The fourth-order valence-corrected chi connectivity index (χ4v) is 6.21. The molecule has 2 amide bonds. The van der Waals surface area contributed by atoms with Crippen LogP contribution in [-0.4, -0.2) is 79.3 Å². The second kappa shape index (κ2) is 20.2. The molecule has 2 unspecified atom stereocenters. The maximum absolute atomic E-state index is 13.4. The Bertz CT molecular complexity index is 1180. The number of fused-ring (bicyclic) bond motifs is 1. The summed E-state index contributed by atoms with van der Waals surface area (Å²) < 4.78 is 16.9. The van der Waals surface area contributed by atoms with Crippen molar-refractivity contribution in [3.63, 3.8) is 0 Å². The molecule has 1 heterocycles. The minimum Gasteiger partial charge on any atom is -0.449 e. The summed E-state index contributed by atoms with van der Waals surface area (Å²) in [6, 6.07) is 6.96. The van der Waals surface area contributed by atoms with Gasteiger partial charge in [0.05, 0.1) is 17.8 Å². The number of halogens is 1. The summed E-state index contributed by atoms with van der Waals surface area (Å²) in [5.74, 6) is -0.708. The van der Waals surface area contributed by atoms with Gasteiger partial charge in [0.25, 0.3) is 0 Å². The Balaban J connectivity index is 0.00000452. The molecule has 0 bridgehead atoms. The van der Waals surface area contributed by atoms with Gasteiger partial charge in [-0.2, -0.15) is 0 Å². The highest BCUT2D eigenvalue weighted by Crippen LogP contribution is 2.53. The van der Waals surface area contributed by atoms with Crippen molar-refractivity contribution in [1.29, 1.82) is 0 Å². The molecule has 0 aliphatic rings. The molecule has 0 saturated heterocycles. The molecular formula is C28H47ClN4O8P2. The molecule has 0 fully saturated rings. The number of rotatable bonds is 17. The summed E-state index contributed by atoms with van der Waals surface area (Å²) in [6.45, 7) is 13.2. The van der Waals surface area contributed by atoms with Crippen LogP contribution in [-0.2, 0) is 14.1 Å². The van der Waals surface area contributed by atoms with Gasteiger partial charge in [0, 0.05) is 29.1 Å². The highest BCUT2D eigenvalue weighted by atomic mass is 35.5. The van der Waals surface area contributed by atoms with Gasteiger partial charge in [-0.1, -0.05) is 39.3 Å². The van der Waals surface area contributed by atoms with Crippen LogP contribution in [0.25, 0.3) is 10.9 Å². The summed E-state index contributed by atoms with van der Waals surface area (Å²) in [5, 5.41) is 3.30. The van der Waals surface area contributed by atoms with Gasteiger partial charge >= 0.3 is 13.7 Å². The first-order valence-corrected chi connectivity index (χ1v) is 18.0. The SMILES string of the molecule is CC.CCN(CC)CCCC(C)N(C(=O)OCCCCCC(=O)NC(P(O)O)P(=O)(O)O)c1ccnc2cc(Cl)ccc12. The first kappa shape index (κ1) is 39.1. The number of aromatic nitrogens is 1. The highest BCUT2D eigenvalue weighted by Gasteiger charge is 2.36. The fraction of sp³-hybridized carbons (Fsp3) is 0.607. The van der Waals surface area contributed by atoms with E-state index in [2.05, 4.69) is 23.7 Å². The van der Waals surface area contributed by atoms with Gasteiger partial charge in [-0.3, -0.25) is 19.2 Å². The molecule has 2 rings (SSSR count). The predicted molar refractivity (Wildman–Crippen MR) is 172 cm³/mol. The Hall–Kier alpha value is -1.88. The molecule has 12 nitrogen and oxygen atoms in total. The number of hydrogen-bond donors (Lipinski definition) is 5. The number of carbonyl (C=O) groups excluding carboxylic acids is 2. The summed E-state index contributed by atoms with van der Waals surface area (Å²) in [6.07, 6.45) is 4.05. The van der Waals surface area contributed by atoms with Gasteiger partial charge in [0.2, 0.25) is 19.8 Å². The molecule has 0 aliphatic heterocycles. The number of benzene rings is 1. The van der Waals surface area contributed by atoms with Crippen LogP contribution < -0.4 is 10.2 Å². The average Bonchev–Trinajstić information content (AvgIpc) is 2.96. The van der Waals surface area contributed by atoms with E-state index in [1.807, 2.05) is 32.2 Å². The number of nitrogens with one attached hydrogen (secondary N) is 1. The molecule has 0 saturated carbocycles. The van der Waals surface area contributed by atoms with Crippen LogP contribution >= 0.6 is 27.6 Å². The zero-order valence-electron chi connectivity index (χ0n) is 25.6. The quantitative estimate of drug-likeness (QED) is 0.103. The molecule has 2 aromatic rings. The van der Waals surface area contributed by atoms with E-state index in [4.69, 9.17) is 26.1 Å². The van der Waals surface area contributed by atoms with E-state index in [1.165, 1.54) is 0 Å². The second-order valence-electron chi connectivity index (χ2n) is 9.66. The number of unbranched alkanes of at least 4 members (excludes halogenated alkanes) is 2. The Morgan fingerprint density at radius 2 is 1.77 bits per heavy atom. The largest absolute Gasteiger partial charge is 0.449 e. The van der Waals surface area contributed by atoms with Crippen LogP contribution in [0.3, 0.4) is 0 Å². The van der Waals surface area contributed by atoms with Crippen molar-refractivity contribution in [2.24, 2.45) is 0 Å². The van der Waals surface area contributed by atoms with Crippen molar-refractivity contribution >= 4 is 56.2 Å². The number of amides is 2. The second-order valence-corrected chi connectivity index (χ2v) is 13.4. The molecular weight excluding hydrogens is 618 g/mol. The molecule has 0 spiro atoms. The molecule has 244 valence electrons. The molecule has 2 atom stereocenters. The van der Waals surface area contributed by atoms with Crippen molar-refractivity contribution < 1.29 is 38.5 Å². The third-order valence-corrected chi connectivity index (χ3v) is 9.76. The van der Waals surface area contributed by atoms with Crippen molar-refractivity contribution in [1.82, 2.24) is 15.2 Å². The van der Waals surface area contributed by atoms with Gasteiger partial charge in [-0.25, -0.2) is 4.79 Å². The number of hydrogen-bond acceptors (Lipinski definition) is 8. The summed E-state index contributed by atoms with van der Waals surface area (Å²) in [4.78, 5) is 70.4. The van der Waals surface area contributed by atoms with Crippen molar-refractivity contribution in [3.05, 3.63) is 35.5 Å². The Labute approximate surface area is 260 Å². The van der Waals surface area contributed by atoms with Crippen LogP contribution in [0.1, 0.15) is 73.1 Å². The zero-order valence-corrected chi connectivity index (χ0v) is 28.2. The average molecular weight is 665 g/mol. The number of nitrogens with zero attached hydrogens (tertiary/aromatic N) is 3. The Morgan fingerprint density at radius 3 is 2.37 bits per heavy atom. The minimum atomic E-state index is -4.90. The van der Waals surface area contributed by atoms with Crippen molar-refractivity contribution in [2.45, 2.75) is 84.7 Å². The van der Waals surface area contributed by atoms with Gasteiger partial charge < -0.3 is 34.5 Å². The van der Waals surface area contributed by atoms with E-state index >= 15 is 0 Å². The first-order chi connectivity index (χ1) is 20.4. The normalized spacial score (nSPS) is 12.9. The Morgan fingerprint density at radius 1 is 1.09 bits per heavy atom. The lowest BCUT2D eigenvalue weighted by molar-refractivity contribution is -0.121. The molecule has 15 heteroatoms. The minimum absolute atomic E-state index is 0.0745. The van der Waals surface area contributed by atoms with Gasteiger partial charge in [0.1, 0.15) is 0 Å². The molecule has 0 aliphatic carbocycles. The van der Waals surface area contributed by atoms with Crippen molar-refractivity contribution in [3.8, 4) is 0 Å². The smallest absolute Gasteiger partial charge is 0.414 e. The van der Waals surface area contributed by atoms with E-state index in [1.54, 1.807) is 29.3 Å². The standard InChI is InChI=1S/C26H41ClN4O8P2.C2H6/c1-4-30(5-2)16-9-10-19(3)31(23-14-15-28-22-18-20(27)12-13-21(22)23)26(33)39-17-8-6-7-11-24(32)29-25(40(34)35)41(36,37)38;1-2/h12-15,18-19,25,34-35H,4-11,16-17H2,1-3H3,(H,29,32)(H2,36,37,38);1-2H3. The monoisotopic (exact) mass is 664 g/mol. The van der Waals surface area contributed by atoms with Crippen molar-refractivity contribution in [2.75, 3.05) is 31.1 Å². The number of pyridine rings is 1. The van der Waals surface area contributed by atoms with Crippen LogP contribution in [0.15, 0.2) is 30.5 Å². The molecule has 0 radical (unpaired) electrons. The van der Waals surface area contributed by atoms with E-state index < -0.39 is 33.5 Å². The van der Waals surface area contributed by atoms with Crippen LogP contribution in [0.4, 0.5) is 10.5 Å². The van der Waals surface area contributed by atoms with E-state index in [-0.39, 0.29) is 19.1 Å². The maximum Gasteiger partial charge on any atom is 0.414 e. The number of carbonyl (C=O) groups is 2. The van der Waals surface area contributed by atoms with Crippen LogP contribution in [0, 0.1) is 0 Å². The lowest BCUT2D eigenvalue weighted by Crippen LogP contribution is -2.40. The van der Waals surface area contributed by atoms with E-state index in [0.29, 0.717) is 35.5 Å². The lowest BCUT2D eigenvalue weighted by Gasteiger charge is -2.30. The van der Waals surface area contributed by atoms with Gasteiger partial charge in [0.15, 0.2) is 0 Å². The predicted octanol–water partition coefficient (Wildman–Crippen LogP) is 5.80. The Kier molecular flexibility index (Phi) is 18.4. The lowest BCUT2D eigenvalue weighted by atomic mass is 10.1. The third kappa shape index (κ3) is 13.3. The fourth-order valence-electron chi connectivity index (χ4n) is 4.40. The molecule has 5 N–H and O–H groups in total. The molecule has 1 aromatic heterocycles. The summed E-state index contributed by atoms with van der Waals surface area (Å²) >= 11 is 6.16. The van der Waals surface area contributed by atoms with Crippen LogP contribution in [0.2, 0.25) is 5.02 Å². The van der Waals surface area contributed by atoms with E-state index in [0.717, 1.165) is 37.9 Å². The first-order valence-electron chi connectivity index (χ1n) is 14.6. The maximum atomic E-state index is 13.4. The van der Waals surface area contributed by atoms with E-state index in [9.17, 15) is 23.9 Å². The van der Waals surface area contributed by atoms with Gasteiger partial charge in [-0.05, 0) is 82.9 Å². The van der Waals surface area contributed by atoms with Gasteiger partial charge in [-0.15, -0.1) is 0 Å². The summed E-state index contributed by atoms with van der Waals surface area (Å²) in [7, 11) is -7.94. The highest BCUT2D eigenvalue weighted by molar-refractivity contribution is 7.67. The number of ether oxygens (including phenoxy) is 1.